The van der Waals surface area contributed by atoms with Crippen molar-refractivity contribution < 1.29 is 4.79 Å². The lowest BCUT2D eigenvalue weighted by atomic mass is 10.2. The van der Waals surface area contributed by atoms with Crippen molar-refractivity contribution in [3.63, 3.8) is 0 Å². The zero-order valence-electron chi connectivity index (χ0n) is 7.37. The second kappa shape index (κ2) is 3.34. The Bertz CT molecular complexity index is 293. The lowest BCUT2D eigenvalue weighted by Gasteiger charge is -1.89. The van der Waals surface area contributed by atoms with Gasteiger partial charge in [-0.05, 0) is 13.0 Å². The number of aromatic nitrogens is 2. The molecule has 1 rings (SSSR count). The number of carbonyl (C=O) groups excluding carboxylic acids is 1. The molecule has 0 amide bonds. The van der Waals surface area contributed by atoms with Gasteiger partial charge in [-0.15, -0.1) is 6.58 Å². The van der Waals surface area contributed by atoms with E-state index in [0.717, 1.165) is 5.69 Å². The number of hydrogen-bond acceptors (Lipinski definition) is 2. The SMILES string of the molecule is C=CCC(=O)c1cc(C)n(C)n1. The number of nitrogens with zero attached hydrogens (tertiary/aromatic N) is 2. The zero-order chi connectivity index (χ0) is 9.14. The Balaban J connectivity index is 2.88. The quantitative estimate of drug-likeness (QED) is 0.501. The first-order valence-corrected chi connectivity index (χ1v) is 3.80. The molecule has 3 nitrogen and oxygen atoms in total. The number of aryl methyl sites for hydroxylation is 2. The summed E-state index contributed by atoms with van der Waals surface area (Å²) >= 11 is 0. The van der Waals surface area contributed by atoms with Gasteiger partial charge in [-0.25, -0.2) is 0 Å². The standard InChI is InChI=1S/C9H12N2O/c1-4-5-9(12)8-6-7(2)11(3)10-8/h4,6H,1,5H2,2-3H3. The number of ketones is 1. The van der Waals surface area contributed by atoms with Crippen LogP contribution in [0.25, 0.3) is 0 Å². The van der Waals surface area contributed by atoms with Crippen LogP contribution in [0.2, 0.25) is 0 Å². The highest BCUT2D eigenvalue weighted by atomic mass is 16.1. The van der Waals surface area contributed by atoms with Crippen LogP contribution in [0.1, 0.15) is 22.6 Å². The molecule has 0 unspecified atom stereocenters. The molecule has 0 saturated carbocycles. The predicted octanol–water partition coefficient (Wildman–Crippen LogP) is 1.49. The topological polar surface area (TPSA) is 34.9 Å². The molecule has 1 aromatic heterocycles. The molecule has 0 atom stereocenters. The van der Waals surface area contributed by atoms with Crippen molar-refractivity contribution in [1.29, 1.82) is 0 Å². The van der Waals surface area contributed by atoms with E-state index >= 15 is 0 Å². The Hall–Kier alpha value is -1.38. The third-order valence-electron chi connectivity index (χ3n) is 1.73. The molecule has 12 heavy (non-hydrogen) atoms. The van der Waals surface area contributed by atoms with Crippen molar-refractivity contribution in [3.8, 4) is 0 Å². The third kappa shape index (κ3) is 1.61. The molecule has 0 bridgehead atoms. The summed E-state index contributed by atoms with van der Waals surface area (Å²) in [6.07, 6.45) is 1.95. The van der Waals surface area contributed by atoms with Gasteiger partial charge in [0.25, 0.3) is 0 Å². The van der Waals surface area contributed by atoms with Crippen LogP contribution in [0.15, 0.2) is 18.7 Å². The highest BCUT2D eigenvalue weighted by Crippen LogP contribution is 2.04. The van der Waals surface area contributed by atoms with E-state index in [1.807, 2.05) is 14.0 Å². The molecule has 1 heterocycles. The molecule has 0 spiro atoms. The number of Topliss-reactive ketones (excluding diaryl/α,β-unsaturated/α-hetero) is 1. The number of hydrogen-bond donors (Lipinski definition) is 0. The van der Waals surface area contributed by atoms with E-state index in [1.165, 1.54) is 0 Å². The molecule has 0 fully saturated rings. The first-order chi connectivity index (χ1) is 5.65. The van der Waals surface area contributed by atoms with E-state index in [4.69, 9.17) is 0 Å². The Morgan fingerprint density at radius 1 is 1.83 bits per heavy atom. The van der Waals surface area contributed by atoms with Crippen molar-refractivity contribution >= 4 is 5.78 Å². The molecule has 0 saturated heterocycles. The van der Waals surface area contributed by atoms with Crippen molar-refractivity contribution in [2.24, 2.45) is 7.05 Å². The molecule has 0 aromatic carbocycles. The average molecular weight is 164 g/mol. The van der Waals surface area contributed by atoms with Gasteiger partial charge in [-0.3, -0.25) is 9.48 Å². The van der Waals surface area contributed by atoms with E-state index in [0.29, 0.717) is 12.1 Å². The second-order valence-corrected chi connectivity index (χ2v) is 2.71. The van der Waals surface area contributed by atoms with Gasteiger partial charge in [-0.2, -0.15) is 5.10 Å². The number of allylic oxidation sites excluding steroid dienone is 1. The summed E-state index contributed by atoms with van der Waals surface area (Å²) in [5, 5.41) is 4.05. The normalized spacial score (nSPS) is 9.83. The Labute approximate surface area is 71.7 Å². The summed E-state index contributed by atoms with van der Waals surface area (Å²) in [4.78, 5) is 11.3. The fourth-order valence-electron chi connectivity index (χ4n) is 0.933. The van der Waals surface area contributed by atoms with E-state index in [-0.39, 0.29) is 5.78 Å². The highest BCUT2D eigenvalue weighted by Gasteiger charge is 2.08. The summed E-state index contributed by atoms with van der Waals surface area (Å²) in [5.41, 5.74) is 1.51. The lowest BCUT2D eigenvalue weighted by molar-refractivity contribution is 0.0990. The maximum absolute atomic E-state index is 11.3. The Morgan fingerprint density at radius 2 is 2.50 bits per heavy atom. The van der Waals surface area contributed by atoms with Crippen LogP contribution in [0.5, 0.6) is 0 Å². The van der Waals surface area contributed by atoms with E-state index in [1.54, 1.807) is 16.8 Å². The number of carbonyl (C=O) groups is 1. The molecule has 0 N–H and O–H groups in total. The van der Waals surface area contributed by atoms with Crippen molar-refractivity contribution in [3.05, 3.63) is 30.1 Å². The Kier molecular flexibility index (Phi) is 2.43. The van der Waals surface area contributed by atoms with Crippen LogP contribution in [-0.4, -0.2) is 15.6 Å². The summed E-state index contributed by atoms with van der Waals surface area (Å²) in [7, 11) is 1.82. The largest absolute Gasteiger partial charge is 0.292 e. The van der Waals surface area contributed by atoms with E-state index < -0.39 is 0 Å². The second-order valence-electron chi connectivity index (χ2n) is 2.71. The van der Waals surface area contributed by atoms with Gasteiger partial charge in [0.05, 0.1) is 0 Å². The number of rotatable bonds is 3. The molecule has 0 radical (unpaired) electrons. The van der Waals surface area contributed by atoms with Crippen molar-refractivity contribution in [1.82, 2.24) is 9.78 Å². The van der Waals surface area contributed by atoms with Gasteiger partial charge < -0.3 is 0 Å². The minimum absolute atomic E-state index is 0.0219. The molecule has 64 valence electrons. The van der Waals surface area contributed by atoms with Gasteiger partial charge in [0.15, 0.2) is 5.78 Å². The van der Waals surface area contributed by atoms with Gasteiger partial charge >= 0.3 is 0 Å². The minimum Gasteiger partial charge on any atom is -0.292 e. The average Bonchev–Trinajstić information content (AvgIpc) is 2.33. The van der Waals surface area contributed by atoms with Crippen LogP contribution in [0.4, 0.5) is 0 Å². The zero-order valence-corrected chi connectivity index (χ0v) is 7.37. The van der Waals surface area contributed by atoms with Crippen LogP contribution in [0.3, 0.4) is 0 Å². The third-order valence-corrected chi connectivity index (χ3v) is 1.73. The van der Waals surface area contributed by atoms with Gasteiger partial charge in [0, 0.05) is 19.2 Å². The van der Waals surface area contributed by atoms with Crippen LogP contribution in [-0.2, 0) is 7.05 Å². The maximum Gasteiger partial charge on any atom is 0.186 e. The van der Waals surface area contributed by atoms with Crippen LogP contribution >= 0.6 is 0 Å². The molecule has 0 aliphatic rings. The monoisotopic (exact) mass is 164 g/mol. The fraction of sp³-hybridized carbons (Fsp3) is 0.333. The van der Waals surface area contributed by atoms with Gasteiger partial charge in [0.1, 0.15) is 5.69 Å². The predicted molar refractivity (Wildman–Crippen MR) is 47.1 cm³/mol. The summed E-state index contributed by atoms with van der Waals surface area (Å²) < 4.78 is 1.69. The maximum atomic E-state index is 11.3. The summed E-state index contributed by atoms with van der Waals surface area (Å²) in [6, 6.07) is 1.78. The van der Waals surface area contributed by atoms with Gasteiger partial charge in [0.2, 0.25) is 0 Å². The molecule has 0 aliphatic heterocycles. The minimum atomic E-state index is 0.0219. The first kappa shape index (κ1) is 8.71. The van der Waals surface area contributed by atoms with E-state index in [9.17, 15) is 4.79 Å². The summed E-state index contributed by atoms with van der Waals surface area (Å²) in [5.74, 6) is 0.0219. The fourth-order valence-corrected chi connectivity index (χ4v) is 0.933. The first-order valence-electron chi connectivity index (χ1n) is 3.80. The van der Waals surface area contributed by atoms with E-state index in [2.05, 4.69) is 11.7 Å². The van der Waals surface area contributed by atoms with Crippen molar-refractivity contribution in [2.45, 2.75) is 13.3 Å². The molecule has 3 heteroatoms. The molecular formula is C9H12N2O. The smallest absolute Gasteiger partial charge is 0.186 e. The summed E-state index contributed by atoms with van der Waals surface area (Å²) in [6.45, 7) is 5.41. The molecular weight excluding hydrogens is 152 g/mol. The van der Waals surface area contributed by atoms with Crippen molar-refractivity contribution in [2.75, 3.05) is 0 Å². The highest BCUT2D eigenvalue weighted by molar-refractivity contribution is 5.95. The van der Waals surface area contributed by atoms with Crippen LogP contribution in [0, 0.1) is 6.92 Å². The van der Waals surface area contributed by atoms with Gasteiger partial charge in [-0.1, -0.05) is 6.08 Å². The van der Waals surface area contributed by atoms with Crippen LogP contribution < -0.4 is 0 Å². The lowest BCUT2D eigenvalue weighted by Crippen LogP contribution is -1.99. The Morgan fingerprint density at radius 3 is 2.92 bits per heavy atom. The molecule has 0 aliphatic carbocycles. The molecule has 1 aromatic rings.